The highest BCUT2D eigenvalue weighted by atomic mass is 32.2. The SMILES string of the molecule is COc1ccc(C2=NN(Cc3cccc(NC(=O)CN(C(C)C)C(C)C)c3)C(=O)SC2)cc1OC. The normalized spacial score (nSPS) is 13.9. The zero-order valence-corrected chi connectivity index (χ0v) is 22.0. The van der Waals surface area contributed by atoms with Crippen molar-refractivity contribution in [3.8, 4) is 11.5 Å². The highest BCUT2D eigenvalue weighted by molar-refractivity contribution is 8.14. The van der Waals surface area contributed by atoms with E-state index >= 15 is 0 Å². The summed E-state index contributed by atoms with van der Waals surface area (Å²) < 4.78 is 10.7. The molecule has 1 aliphatic rings. The van der Waals surface area contributed by atoms with Crippen LogP contribution < -0.4 is 14.8 Å². The van der Waals surface area contributed by atoms with E-state index in [4.69, 9.17) is 9.47 Å². The number of carbonyl (C=O) groups is 2. The third-order valence-electron chi connectivity index (χ3n) is 5.70. The first-order valence-electron chi connectivity index (χ1n) is 11.6. The topological polar surface area (TPSA) is 83.5 Å². The maximum absolute atomic E-state index is 12.6. The molecule has 2 aromatic carbocycles. The molecule has 0 saturated carbocycles. The maximum atomic E-state index is 12.6. The lowest BCUT2D eigenvalue weighted by Gasteiger charge is -2.29. The average Bonchev–Trinajstić information content (AvgIpc) is 2.83. The Morgan fingerprint density at radius 1 is 1.09 bits per heavy atom. The largest absolute Gasteiger partial charge is 0.493 e. The van der Waals surface area contributed by atoms with E-state index in [2.05, 4.69) is 43.0 Å². The van der Waals surface area contributed by atoms with Crippen LogP contribution in [-0.4, -0.2) is 65.4 Å². The van der Waals surface area contributed by atoms with Crippen molar-refractivity contribution in [2.75, 3.05) is 31.8 Å². The van der Waals surface area contributed by atoms with E-state index in [-0.39, 0.29) is 23.2 Å². The number of benzene rings is 2. The number of hydrogen-bond acceptors (Lipinski definition) is 7. The fraction of sp³-hybridized carbons (Fsp3) is 0.423. The first-order valence-corrected chi connectivity index (χ1v) is 12.6. The zero-order chi connectivity index (χ0) is 25.5. The van der Waals surface area contributed by atoms with Crippen molar-refractivity contribution in [1.82, 2.24) is 9.91 Å². The van der Waals surface area contributed by atoms with Crippen molar-refractivity contribution in [2.24, 2.45) is 5.10 Å². The van der Waals surface area contributed by atoms with E-state index in [9.17, 15) is 9.59 Å². The van der Waals surface area contributed by atoms with E-state index in [1.165, 1.54) is 16.8 Å². The summed E-state index contributed by atoms with van der Waals surface area (Å²) in [6.45, 7) is 8.95. The molecule has 0 bridgehead atoms. The molecule has 2 aromatic rings. The quantitative estimate of drug-likeness (QED) is 0.505. The monoisotopic (exact) mass is 498 g/mol. The van der Waals surface area contributed by atoms with Gasteiger partial charge in [0.1, 0.15) is 0 Å². The molecule has 3 rings (SSSR count). The van der Waals surface area contributed by atoms with E-state index < -0.39 is 0 Å². The van der Waals surface area contributed by atoms with Gasteiger partial charge >= 0.3 is 5.24 Å². The smallest absolute Gasteiger partial charge is 0.302 e. The molecule has 35 heavy (non-hydrogen) atoms. The highest BCUT2D eigenvalue weighted by Crippen LogP contribution is 2.30. The zero-order valence-electron chi connectivity index (χ0n) is 21.2. The Bertz CT molecular complexity index is 1080. The van der Waals surface area contributed by atoms with Gasteiger partial charge < -0.3 is 14.8 Å². The number of ether oxygens (including phenoxy) is 2. The van der Waals surface area contributed by atoms with Gasteiger partial charge in [-0.3, -0.25) is 14.5 Å². The number of rotatable bonds is 10. The molecule has 8 nitrogen and oxygen atoms in total. The summed E-state index contributed by atoms with van der Waals surface area (Å²) in [4.78, 5) is 27.3. The molecule has 0 atom stereocenters. The standard InChI is InChI=1S/C26H34N4O4S/c1-17(2)29(18(3)4)15-25(31)27-21-9-7-8-19(12-21)14-30-26(32)35-16-22(28-30)20-10-11-23(33-5)24(13-20)34-6/h7-13,17-18H,14-16H2,1-6H3,(H,27,31). The summed E-state index contributed by atoms with van der Waals surface area (Å²) in [6, 6.07) is 13.7. The fourth-order valence-corrected chi connectivity index (χ4v) is 4.66. The summed E-state index contributed by atoms with van der Waals surface area (Å²) >= 11 is 1.21. The summed E-state index contributed by atoms with van der Waals surface area (Å²) in [7, 11) is 3.18. The molecule has 0 radical (unpaired) electrons. The Labute approximate surface area is 211 Å². The molecule has 1 N–H and O–H groups in total. The molecule has 0 spiro atoms. The predicted molar refractivity (Wildman–Crippen MR) is 142 cm³/mol. The first-order chi connectivity index (χ1) is 16.7. The van der Waals surface area contributed by atoms with Crippen molar-refractivity contribution < 1.29 is 19.1 Å². The number of hydrazone groups is 1. The molecule has 0 unspecified atom stereocenters. The van der Waals surface area contributed by atoms with Crippen molar-refractivity contribution in [3.63, 3.8) is 0 Å². The number of amides is 2. The number of nitrogens with one attached hydrogen (secondary N) is 1. The molecule has 1 aliphatic heterocycles. The van der Waals surface area contributed by atoms with Gasteiger partial charge in [0.25, 0.3) is 0 Å². The van der Waals surface area contributed by atoms with Gasteiger partial charge in [-0.2, -0.15) is 5.10 Å². The molecule has 0 aliphatic carbocycles. The van der Waals surface area contributed by atoms with Crippen LogP contribution >= 0.6 is 11.8 Å². The number of nitrogens with zero attached hydrogens (tertiary/aromatic N) is 3. The van der Waals surface area contributed by atoms with Crippen LogP contribution in [-0.2, 0) is 11.3 Å². The molecule has 0 fully saturated rings. The number of hydrogen-bond donors (Lipinski definition) is 1. The minimum Gasteiger partial charge on any atom is -0.493 e. The molecular formula is C26H34N4O4S. The number of anilines is 1. The molecule has 2 amide bonds. The minimum atomic E-state index is -0.117. The Morgan fingerprint density at radius 2 is 1.80 bits per heavy atom. The summed E-state index contributed by atoms with van der Waals surface area (Å²) in [5.74, 6) is 1.65. The minimum absolute atomic E-state index is 0.0667. The van der Waals surface area contributed by atoms with Crippen LogP contribution in [0.15, 0.2) is 47.6 Å². The van der Waals surface area contributed by atoms with E-state index in [1.54, 1.807) is 14.2 Å². The van der Waals surface area contributed by atoms with Crippen LogP contribution in [0.5, 0.6) is 11.5 Å². The van der Waals surface area contributed by atoms with E-state index in [0.29, 0.717) is 36.0 Å². The fourth-order valence-electron chi connectivity index (χ4n) is 3.92. The average molecular weight is 499 g/mol. The number of methoxy groups -OCH3 is 2. The maximum Gasteiger partial charge on any atom is 0.302 e. The van der Waals surface area contributed by atoms with Gasteiger partial charge in [0.15, 0.2) is 11.5 Å². The predicted octanol–water partition coefficient (Wildman–Crippen LogP) is 4.83. The van der Waals surface area contributed by atoms with Gasteiger partial charge in [0, 0.05) is 29.1 Å². The van der Waals surface area contributed by atoms with E-state index in [1.807, 2.05) is 42.5 Å². The van der Waals surface area contributed by atoms with Crippen molar-refractivity contribution in [2.45, 2.75) is 46.3 Å². The lowest BCUT2D eigenvalue weighted by molar-refractivity contribution is -0.118. The Balaban J connectivity index is 1.73. The van der Waals surface area contributed by atoms with Crippen LogP contribution in [0, 0.1) is 0 Å². The molecule has 188 valence electrons. The van der Waals surface area contributed by atoms with Gasteiger partial charge in [-0.25, -0.2) is 5.01 Å². The number of thioether (sulfide) groups is 1. The van der Waals surface area contributed by atoms with Crippen molar-refractivity contribution in [1.29, 1.82) is 0 Å². The first kappa shape index (κ1) is 26.6. The van der Waals surface area contributed by atoms with Gasteiger partial charge in [-0.05, 0) is 63.6 Å². The summed E-state index contributed by atoms with van der Waals surface area (Å²) in [5, 5.41) is 8.94. The molecule has 1 heterocycles. The third-order valence-corrected chi connectivity index (χ3v) is 6.57. The van der Waals surface area contributed by atoms with Gasteiger partial charge in [0.05, 0.1) is 33.0 Å². The van der Waals surface area contributed by atoms with Crippen LogP contribution in [0.3, 0.4) is 0 Å². The van der Waals surface area contributed by atoms with Gasteiger partial charge in [-0.15, -0.1) is 0 Å². The van der Waals surface area contributed by atoms with Crippen LogP contribution in [0.4, 0.5) is 10.5 Å². The lowest BCUT2D eigenvalue weighted by Crippen LogP contribution is -2.42. The van der Waals surface area contributed by atoms with Crippen LogP contribution in [0.2, 0.25) is 0 Å². The molecule has 0 saturated heterocycles. The molecule has 0 aromatic heterocycles. The molecule has 9 heteroatoms. The third kappa shape index (κ3) is 6.99. The summed E-state index contributed by atoms with van der Waals surface area (Å²) in [5.41, 5.74) is 3.22. The Kier molecular flexibility index (Phi) is 9.17. The van der Waals surface area contributed by atoms with Gasteiger partial charge in [-0.1, -0.05) is 23.9 Å². The van der Waals surface area contributed by atoms with Crippen LogP contribution in [0.25, 0.3) is 0 Å². The van der Waals surface area contributed by atoms with Crippen molar-refractivity contribution in [3.05, 3.63) is 53.6 Å². The van der Waals surface area contributed by atoms with Crippen molar-refractivity contribution >= 4 is 34.3 Å². The summed E-state index contributed by atoms with van der Waals surface area (Å²) in [6.07, 6.45) is 0. The Morgan fingerprint density at radius 3 is 2.46 bits per heavy atom. The highest BCUT2D eigenvalue weighted by Gasteiger charge is 2.23. The van der Waals surface area contributed by atoms with Gasteiger partial charge in [0.2, 0.25) is 5.91 Å². The lowest BCUT2D eigenvalue weighted by atomic mass is 10.1. The number of carbonyl (C=O) groups excluding carboxylic acids is 2. The van der Waals surface area contributed by atoms with Crippen LogP contribution in [0.1, 0.15) is 38.8 Å². The second-order valence-corrected chi connectivity index (χ2v) is 9.76. The second kappa shape index (κ2) is 12.1. The second-order valence-electron chi connectivity index (χ2n) is 8.84. The van der Waals surface area contributed by atoms with E-state index in [0.717, 1.165) is 16.8 Å². The Hall–Kier alpha value is -3.04. The molecular weight excluding hydrogens is 464 g/mol.